The highest BCUT2D eigenvalue weighted by Crippen LogP contribution is 2.34. The highest BCUT2D eigenvalue weighted by Gasteiger charge is 2.44. The second kappa shape index (κ2) is 9.18. The van der Waals surface area contributed by atoms with Crippen LogP contribution in [-0.4, -0.2) is 22.2 Å². The molecule has 0 atom stereocenters. The molecule has 136 valence electrons. The minimum Gasteiger partial charge on any atom is -0.468 e. The van der Waals surface area contributed by atoms with Crippen LogP contribution in [0.1, 0.15) is 33.3 Å². The van der Waals surface area contributed by atoms with Crippen LogP contribution in [-0.2, 0) is 15.8 Å². The summed E-state index contributed by atoms with van der Waals surface area (Å²) in [5, 5.41) is 1.32. The Morgan fingerprint density at radius 3 is 1.96 bits per heavy atom. The third kappa shape index (κ3) is 4.72. The molecule has 0 radical (unpaired) electrons. The Morgan fingerprint density at radius 1 is 0.840 bits per heavy atom. The van der Waals surface area contributed by atoms with Crippen LogP contribution in [0.15, 0.2) is 54.6 Å². The molecule has 2 aromatic rings. The molecule has 0 N–H and O–H groups in total. The van der Waals surface area contributed by atoms with Crippen LogP contribution in [0.2, 0.25) is 11.1 Å². The Kier molecular flexibility index (Phi) is 7.23. The largest absolute Gasteiger partial charge is 0.468 e. The molecule has 3 nitrogen and oxygen atoms in total. The van der Waals surface area contributed by atoms with Crippen molar-refractivity contribution in [2.45, 2.75) is 45.4 Å². The lowest BCUT2D eigenvalue weighted by atomic mass is 10.2. The minimum absolute atomic E-state index is 0.265. The molecule has 0 aliphatic rings. The maximum atomic E-state index is 6.72. The van der Waals surface area contributed by atoms with Gasteiger partial charge in [-0.3, -0.25) is 0 Å². The molecule has 0 bridgehead atoms. The summed E-state index contributed by atoms with van der Waals surface area (Å²) in [6.45, 7) is 10.1. The van der Waals surface area contributed by atoms with Gasteiger partial charge in [0.1, 0.15) is 5.75 Å². The molecule has 4 heteroatoms. The fourth-order valence-electron chi connectivity index (χ4n) is 3.47. The highest BCUT2D eigenvalue weighted by atomic mass is 28.4. The van der Waals surface area contributed by atoms with Crippen LogP contribution in [0.5, 0.6) is 5.75 Å². The van der Waals surface area contributed by atoms with E-state index in [9.17, 15) is 0 Å². The topological polar surface area (TPSA) is 27.7 Å². The molecule has 0 aliphatic heterocycles. The first-order valence-corrected chi connectivity index (χ1v) is 11.0. The normalized spacial score (nSPS) is 12.0. The number of methoxy groups -OCH3 is 1. The second-order valence-electron chi connectivity index (χ2n) is 6.95. The summed E-state index contributed by atoms with van der Waals surface area (Å²) in [6, 6.07) is 18.8. The molecule has 25 heavy (non-hydrogen) atoms. The number of hydrogen-bond donors (Lipinski definition) is 0. The molecular formula is C21H30O3Si. The summed E-state index contributed by atoms with van der Waals surface area (Å²) in [4.78, 5) is 0. The Hall–Kier alpha value is -1.62. The molecule has 0 fully saturated rings. The van der Waals surface area contributed by atoms with E-state index in [0.29, 0.717) is 17.7 Å². The van der Waals surface area contributed by atoms with Gasteiger partial charge in [-0.05, 0) is 34.0 Å². The van der Waals surface area contributed by atoms with Gasteiger partial charge in [0.2, 0.25) is 8.32 Å². The lowest BCUT2D eigenvalue weighted by Crippen LogP contribution is -2.55. The SMILES string of the molecule is COCOc1ccc([Si](OCc2ccccc2)(C(C)C)C(C)C)cc1. The van der Waals surface area contributed by atoms with Crippen LogP contribution in [0, 0.1) is 0 Å². The molecule has 2 rings (SSSR count). The monoisotopic (exact) mass is 358 g/mol. The fourth-order valence-corrected chi connectivity index (χ4v) is 8.06. The van der Waals surface area contributed by atoms with Crippen molar-refractivity contribution in [2.75, 3.05) is 13.9 Å². The van der Waals surface area contributed by atoms with E-state index >= 15 is 0 Å². The third-order valence-electron chi connectivity index (χ3n) is 4.68. The predicted molar refractivity (Wildman–Crippen MR) is 106 cm³/mol. The van der Waals surface area contributed by atoms with E-state index in [1.807, 2.05) is 18.2 Å². The summed E-state index contributed by atoms with van der Waals surface area (Å²) in [5.41, 5.74) is 2.17. The van der Waals surface area contributed by atoms with Gasteiger partial charge in [0.05, 0.1) is 6.61 Å². The zero-order valence-corrected chi connectivity index (χ0v) is 17.0. The Bertz CT molecular complexity index is 615. The Balaban J connectivity index is 2.28. The summed E-state index contributed by atoms with van der Waals surface area (Å²) in [7, 11) is -0.524. The van der Waals surface area contributed by atoms with Crippen molar-refractivity contribution in [1.82, 2.24) is 0 Å². The Labute approximate surface area is 153 Å². The van der Waals surface area contributed by atoms with E-state index in [2.05, 4.69) is 64.1 Å². The maximum absolute atomic E-state index is 6.72. The molecular weight excluding hydrogens is 328 g/mol. The van der Waals surface area contributed by atoms with E-state index < -0.39 is 8.32 Å². The molecule has 0 saturated heterocycles. The van der Waals surface area contributed by atoms with Crippen LogP contribution in [0.3, 0.4) is 0 Å². The first kappa shape index (κ1) is 19.7. The number of rotatable bonds is 9. The van der Waals surface area contributed by atoms with Gasteiger partial charge >= 0.3 is 0 Å². The van der Waals surface area contributed by atoms with Gasteiger partial charge in [0.25, 0.3) is 0 Å². The van der Waals surface area contributed by atoms with Crippen molar-refractivity contribution in [3.63, 3.8) is 0 Å². The van der Waals surface area contributed by atoms with Crippen molar-refractivity contribution in [3.05, 3.63) is 60.2 Å². The van der Waals surface area contributed by atoms with Gasteiger partial charge in [-0.2, -0.15) is 0 Å². The fraction of sp³-hybridized carbons (Fsp3) is 0.429. The predicted octanol–water partition coefficient (Wildman–Crippen LogP) is 4.86. The summed E-state index contributed by atoms with van der Waals surface area (Å²) in [5.74, 6) is 0.823. The molecule has 2 aromatic carbocycles. The maximum Gasteiger partial charge on any atom is 0.229 e. The van der Waals surface area contributed by atoms with Crippen molar-refractivity contribution >= 4 is 13.5 Å². The van der Waals surface area contributed by atoms with Gasteiger partial charge < -0.3 is 13.9 Å². The van der Waals surface area contributed by atoms with Gasteiger partial charge in [-0.15, -0.1) is 0 Å². The molecule has 0 aliphatic carbocycles. The lowest BCUT2D eigenvalue weighted by molar-refractivity contribution is 0.0511. The summed E-state index contributed by atoms with van der Waals surface area (Å²) < 4.78 is 17.2. The average molecular weight is 359 g/mol. The van der Waals surface area contributed by atoms with Crippen molar-refractivity contribution in [2.24, 2.45) is 0 Å². The van der Waals surface area contributed by atoms with Gasteiger partial charge in [-0.25, -0.2) is 0 Å². The van der Waals surface area contributed by atoms with Crippen LogP contribution < -0.4 is 9.92 Å². The number of ether oxygens (including phenoxy) is 2. The summed E-state index contributed by atoms with van der Waals surface area (Å²) >= 11 is 0. The second-order valence-corrected chi connectivity index (χ2v) is 11.7. The average Bonchev–Trinajstić information content (AvgIpc) is 2.62. The zero-order chi connectivity index (χ0) is 18.3. The molecule has 0 saturated carbocycles. The number of benzene rings is 2. The van der Waals surface area contributed by atoms with E-state index in [-0.39, 0.29) is 6.79 Å². The van der Waals surface area contributed by atoms with E-state index in [4.69, 9.17) is 13.9 Å². The van der Waals surface area contributed by atoms with Crippen LogP contribution >= 0.6 is 0 Å². The van der Waals surface area contributed by atoms with Crippen molar-refractivity contribution < 1.29 is 13.9 Å². The first-order valence-electron chi connectivity index (χ1n) is 8.90. The number of hydrogen-bond acceptors (Lipinski definition) is 3. The molecule has 0 amide bonds. The van der Waals surface area contributed by atoms with Gasteiger partial charge in [-0.1, -0.05) is 70.2 Å². The Morgan fingerprint density at radius 2 is 1.44 bits per heavy atom. The standard InChI is InChI=1S/C21H30O3Si/c1-17(2)25(18(3)4,24-15-19-9-7-6-8-10-19)21-13-11-20(12-14-21)23-16-22-5/h6-14,17-18H,15-16H2,1-5H3. The molecule has 0 aromatic heterocycles. The van der Waals surface area contributed by atoms with Crippen molar-refractivity contribution in [1.29, 1.82) is 0 Å². The quantitative estimate of drug-likeness (QED) is 0.473. The molecule has 0 heterocycles. The van der Waals surface area contributed by atoms with E-state index in [0.717, 1.165) is 5.75 Å². The zero-order valence-electron chi connectivity index (χ0n) is 16.0. The highest BCUT2D eigenvalue weighted by molar-refractivity contribution is 6.88. The van der Waals surface area contributed by atoms with Gasteiger partial charge in [0, 0.05) is 7.11 Å². The van der Waals surface area contributed by atoms with Gasteiger partial charge in [0.15, 0.2) is 6.79 Å². The summed E-state index contributed by atoms with van der Waals surface area (Å²) in [6.07, 6.45) is 0. The van der Waals surface area contributed by atoms with Crippen LogP contribution in [0.4, 0.5) is 0 Å². The lowest BCUT2D eigenvalue weighted by Gasteiger charge is -2.39. The van der Waals surface area contributed by atoms with E-state index in [1.54, 1.807) is 7.11 Å². The smallest absolute Gasteiger partial charge is 0.229 e. The molecule has 0 spiro atoms. The van der Waals surface area contributed by atoms with Crippen molar-refractivity contribution in [3.8, 4) is 5.75 Å². The minimum atomic E-state index is -2.15. The molecule has 0 unspecified atom stereocenters. The van der Waals surface area contributed by atoms with E-state index in [1.165, 1.54) is 10.8 Å². The third-order valence-corrected chi connectivity index (χ3v) is 9.97. The first-order chi connectivity index (χ1) is 12.0. The van der Waals surface area contributed by atoms with Crippen LogP contribution in [0.25, 0.3) is 0 Å².